The third-order valence-corrected chi connectivity index (χ3v) is 3.60. The Morgan fingerprint density at radius 1 is 1.06 bits per heavy atom. The minimum Gasteiger partial charge on any atom is -0.396 e. The lowest BCUT2D eigenvalue weighted by molar-refractivity contribution is 0.590. The molecule has 0 aliphatic heterocycles. The molecular weight excluding hydrogens is 240 g/mol. The second kappa shape index (κ2) is 4.46. The summed E-state index contributed by atoms with van der Waals surface area (Å²) in [6.45, 7) is 0. The van der Waals surface area contributed by atoms with E-state index in [4.69, 9.17) is 5.73 Å². The van der Waals surface area contributed by atoms with Crippen LogP contribution in [0.4, 0.5) is 5.69 Å². The maximum Gasteiger partial charge on any atom is 0.204 e. The molecule has 0 radical (unpaired) electrons. The molecule has 0 unspecified atom stereocenters. The van der Waals surface area contributed by atoms with Crippen LogP contribution in [0.5, 0.6) is 0 Å². The summed E-state index contributed by atoms with van der Waals surface area (Å²) in [5.74, 6) is -0.0905. The summed E-state index contributed by atoms with van der Waals surface area (Å²) < 4.78 is 24.0. The molecule has 0 fully saturated rings. The van der Waals surface area contributed by atoms with E-state index in [-0.39, 0.29) is 22.3 Å². The highest BCUT2D eigenvalue weighted by molar-refractivity contribution is 7.90. The Hall–Kier alpha value is -2.02. The third kappa shape index (κ3) is 2.56. The molecule has 0 amide bonds. The van der Waals surface area contributed by atoms with Crippen molar-refractivity contribution >= 4 is 15.5 Å². The molecule has 6 nitrogen and oxygen atoms in total. The number of sulfone groups is 1. The van der Waals surface area contributed by atoms with Gasteiger partial charge in [-0.15, -0.1) is 0 Å². The standard InChI is InChI=1S/C10H10N4O2S/c11-8-3-1-4-14-10(8)17(15,16)7-9-12-5-2-6-13-9/h1-6H,7,11H2. The predicted octanol–water partition coefficient (Wildman–Crippen LogP) is 0.428. The fourth-order valence-electron chi connectivity index (χ4n) is 1.31. The van der Waals surface area contributed by atoms with Gasteiger partial charge in [0.1, 0.15) is 11.6 Å². The summed E-state index contributed by atoms with van der Waals surface area (Å²) in [6.07, 6.45) is 4.36. The minimum atomic E-state index is -3.61. The van der Waals surface area contributed by atoms with Crippen LogP contribution >= 0.6 is 0 Å². The monoisotopic (exact) mass is 250 g/mol. The van der Waals surface area contributed by atoms with E-state index in [1.807, 2.05) is 0 Å². The molecule has 2 heterocycles. The van der Waals surface area contributed by atoms with Gasteiger partial charge in [-0.3, -0.25) is 0 Å². The Kier molecular flexibility index (Phi) is 3.01. The fourth-order valence-corrected chi connectivity index (χ4v) is 2.58. The molecular formula is C10H10N4O2S. The van der Waals surface area contributed by atoms with E-state index in [1.54, 1.807) is 12.1 Å². The van der Waals surface area contributed by atoms with Gasteiger partial charge >= 0.3 is 0 Å². The highest BCUT2D eigenvalue weighted by Gasteiger charge is 2.20. The third-order valence-electron chi connectivity index (χ3n) is 2.03. The number of hydrogen-bond acceptors (Lipinski definition) is 6. The molecule has 0 saturated carbocycles. The van der Waals surface area contributed by atoms with Crippen LogP contribution in [-0.2, 0) is 15.6 Å². The predicted molar refractivity (Wildman–Crippen MR) is 61.6 cm³/mol. The van der Waals surface area contributed by atoms with E-state index >= 15 is 0 Å². The Morgan fingerprint density at radius 3 is 2.35 bits per heavy atom. The van der Waals surface area contributed by atoms with E-state index < -0.39 is 9.84 Å². The Labute approximate surface area is 98.5 Å². The first kappa shape index (κ1) is 11.5. The van der Waals surface area contributed by atoms with Gasteiger partial charge in [0.15, 0.2) is 5.03 Å². The number of nitrogens with zero attached hydrogens (tertiary/aromatic N) is 3. The molecule has 0 atom stereocenters. The lowest BCUT2D eigenvalue weighted by atomic mass is 10.4. The molecule has 7 heteroatoms. The van der Waals surface area contributed by atoms with Crippen LogP contribution in [0.15, 0.2) is 41.8 Å². The number of hydrogen-bond donors (Lipinski definition) is 1. The second-order valence-electron chi connectivity index (χ2n) is 3.32. The summed E-state index contributed by atoms with van der Waals surface area (Å²) in [4.78, 5) is 11.5. The van der Waals surface area contributed by atoms with Gasteiger partial charge < -0.3 is 5.73 Å². The van der Waals surface area contributed by atoms with Crippen LogP contribution in [0, 0.1) is 0 Å². The van der Waals surface area contributed by atoms with Gasteiger partial charge in [0.2, 0.25) is 9.84 Å². The van der Waals surface area contributed by atoms with Crippen molar-refractivity contribution in [3.63, 3.8) is 0 Å². The van der Waals surface area contributed by atoms with Gasteiger partial charge in [0.05, 0.1) is 5.69 Å². The lowest BCUT2D eigenvalue weighted by Crippen LogP contribution is -2.11. The maximum atomic E-state index is 12.0. The van der Waals surface area contributed by atoms with Crippen molar-refractivity contribution < 1.29 is 8.42 Å². The van der Waals surface area contributed by atoms with Crippen molar-refractivity contribution in [2.45, 2.75) is 10.8 Å². The number of nitrogen functional groups attached to an aromatic ring is 1. The van der Waals surface area contributed by atoms with Crippen molar-refractivity contribution in [1.29, 1.82) is 0 Å². The summed E-state index contributed by atoms with van der Waals surface area (Å²) in [7, 11) is -3.61. The van der Waals surface area contributed by atoms with Gasteiger partial charge in [-0.25, -0.2) is 23.4 Å². The Balaban J connectivity index is 2.36. The number of pyridine rings is 1. The summed E-state index contributed by atoms with van der Waals surface area (Å²) in [5.41, 5.74) is 5.71. The zero-order valence-electron chi connectivity index (χ0n) is 8.81. The topological polar surface area (TPSA) is 98.8 Å². The van der Waals surface area contributed by atoms with Crippen molar-refractivity contribution in [3.8, 4) is 0 Å². The molecule has 0 spiro atoms. The first-order chi connectivity index (χ1) is 8.09. The van der Waals surface area contributed by atoms with E-state index in [1.165, 1.54) is 24.7 Å². The summed E-state index contributed by atoms with van der Waals surface area (Å²) in [6, 6.07) is 4.68. The van der Waals surface area contributed by atoms with Gasteiger partial charge in [-0.05, 0) is 18.2 Å². The van der Waals surface area contributed by atoms with Crippen LogP contribution in [0.3, 0.4) is 0 Å². The minimum absolute atomic E-state index is 0.128. The molecule has 0 aromatic carbocycles. The molecule has 2 rings (SSSR count). The highest BCUT2D eigenvalue weighted by atomic mass is 32.2. The van der Waals surface area contributed by atoms with E-state index in [0.717, 1.165) is 0 Å². The fraction of sp³-hybridized carbons (Fsp3) is 0.100. The molecule has 0 bridgehead atoms. The largest absolute Gasteiger partial charge is 0.396 e. The smallest absolute Gasteiger partial charge is 0.204 e. The molecule has 2 N–H and O–H groups in total. The van der Waals surface area contributed by atoms with Crippen LogP contribution < -0.4 is 5.73 Å². The van der Waals surface area contributed by atoms with Crippen molar-refractivity contribution in [2.75, 3.05) is 5.73 Å². The second-order valence-corrected chi connectivity index (χ2v) is 5.23. The van der Waals surface area contributed by atoms with Crippen molar-refractivity contribution in [3.05, 3.63) is 42.6 Å². The van der Waals surface area contributed by atoms with E-state index in [9.17, 15) is 8.42 Å². The summed E-state index contributed by atoms with van der Waals surface area (Å²) in [5, 5.41) is -0.132. The highest BCUT2D eigenvalue weighted by Crippen LogP contribution is 2.17. The van der Waals surface area contributed by atoms with Gasteiger partial charge in [-0.1, -0.05) is 0 Å². The lowest BCUT2D eigenvalue weighted by Gasteiger charge is -2.04. The average Bonchev–Trinajstić information content (AvgIpc) is 2.30. The van der Waals surface area contributed by atoms with E-state index in [0.29, 0.717) is 0 Å². The molecule has 0 aliphatic rings. The van der Waals surface area contributed by atoms with Crippen LogP contribution in [0.25, 0.3) is 0 Å². The zero-order valence-corrected chi connectivity index (χ0v) is 9.63. The molecule has 88 valence electrons. The molecule has 2 aromatic rings. The van der Waals surface area contributed by atoms with E-state index in [2.05, 4.69) is 15.0 Å². The van der Waals surface area contributed by atoms with Gasteiger partial charge in [0, 0.05) is 18.6 Å². The number of anilines is 1. The van der Waals surface area contributed by atoms with Crippen LogP contribution in [0.1, 0.15) is 5.82 Å². The Bertz CT molecular complexity index is 613. The average molecular weight is 250 g/mol. The molecule has 17 heavy (non-hydrogen) atoms. The van der Waals surface area contributed by atoms with Crippen LogP contribution in [0.2, 0.25) is 0 Å². The first-order valence-corrected chi connectivity index (χ1v) is 6.44. The normalized spacial score (nSPS) is 11.3. The maximum absolute atomic E-state index is 12.0. The van der Waals surface area contributed by atoms with Gasteiger partial charge in [-0.2, -0.15) is 0 Å². The first-order valence-electron chi connectivity index (χ1n) is 4.79. The SMILES string of the molecule is Nc1cccnc1S(=O)(=O)Cc1ncccn1. The summed E-state index contributed by atoms with van der Waals surface area (Å²) >= 11 is 0. The quantitative estimate of drug-likeness (QED) is 0.848. The Morgan fingerprint density at radius 2 is 1.71 bits per heavy atom. The molecule has 2 aromatic heterocycles. The number of aromatic nitrogens is 3. The van der Waals surface area contributed by atoms with Gasteiger partial charge in [0.25, 0.3) is 0 Å². The molecule has 0 saturated heterocycles. The van der Waals surface area contributed by atoms with Crippen molar-refractivity contribution in [2.24, 2.45) is 0 Å². The zero-order chi connectivity index (χ0) is 12.3. The number of nitrogens with two attached hydrogens (primary N) is 1. The molecule has 0 aliphatic carbocycles. The van der Waals surface area contributed by atoms with Crippen LogP contribution in [-0.4, -0.2) is 23.4 Å². The number of rotatable bonds is 3. The van der Waals surface area contributed by atoms with Crippen molar-refractivity contribution in [1.82, 2.24) is 15.0 Å².